The summed E-state index contributed by atoms with van der Waals surface area (Å²) in [4.78, 5) is 23.9. The lowest BCUT2D eigenvalue weighted by Crippen LogP contribution is -2.13. The Bertz CT molecular complexity index is 1020. The van der Waals surface area contributed by atoms with Crippen molar-refractivity contribution in [3.63, 3.8) is 0 Å². The Morgan fingerprint density at radius 1 is 1.07 bits per heavy atom. The summed E-state index contributed by atoms with van der Waals surface area (Å²) >= 11 is 0. The van der Waals surface area contributed by atoms with Gasteiger partial charge in [0.05, 0.1) is 12.1 Å². The van der Waals surface area contributed by atoms with Crippen LogP contribution in [0.5, 0.6) is 11.5 Å². The third kappa shape index (κ3) is 4.77. The van der Waals surface area contributed by atoms with Crippen molar-refractivity contribution >= 4 is 22.8 Å². The molecule has 0 bridgehead atoms. The molecule has 1 aromatic heterocycles. The first-order chi connectivity index (χ1) is 13.9. The van der Waals surface area contributed by atoms with E-state index >= 15 is 0 Å². The van der Waals surface area contributed by atoms with Gasteiger partial charge in [0, 0.05) is 16.6 Å². The maximum Gasteiger partial charge on any atom is 0.341 e. The number of ether oxygens (including phenoxy) is 2. The second-order valence-corrected chi connectivity index (χ2v) is 7.35. The molecule has 1 heterocycles. The first kappa shape index (κ1) is 20.5. The molecule has 0 atom stereocenters. The van der Waals surface area contributed by atoms with Gasteiger partial charge in [-0.25, -0.2) is 4.79 Å². The number of fused-ring (bicyclic) bond motifs is 1. The molecule has 0 aliphatic carbocycles. The molecule has 3 rings (SSSR count). The van der Waals surface area contributed by atoms with Crippen LogP contribution in [0.15, 0.2) is 48.5 Å². The summed E-state index contributed by atoms with van der Waals surface area (Å²) in [6.07, 6.45) is 0.974. The zero-order valence-corrected chi connectivity index (χ0v) is 16.8. The van der Waals surface area contributed by atoms with Crippen molar-refractivity contribution in [2.75, 3.05) is 13.2 Å². The number of hydrogen-bond donors (Lipinski definition) is 1. The number of nitrogens with zero attached hydrogens (tertiary/aromatic N) is 1. The number of aryl methyl sites for hydroxylation is 1. The van der Waals surface area contributed by atoms with E-state index in [0.29, 0.717) is 34.7 Å². The highest BCUT2D eigenvalue weighted by Gasteiger charge is 2.17. The quantitative estimate of drug-likeness (QED) is 0.606. The highest BCUT2D eigenvalue weighted by atomic mass is 16.5. The zero-order chi connectivity index (χ0) is 21.0. The summed E-state index contributed by atoms with van der Waals surface area (Å²) in [7, 11) is 0. The first-order valence-corrected chi connectivity index (χ1v) is 9.60. The van der Waals surface area contributed by atoms with Crippen LogP contribution in [-0.2, 0) is 4.79 Å². The average Bonchev–Trinajstić information content (AvgIpc) is 3.02. The normalized spacial score (nSPS) is 11.0. The Balaban J connectivity index is 1.84. The van der Waals surface area contributed by atoms with Crippen LogP contribution in [0.4, 0.5) is 0 Å². The minimum atomic E-state index is -1.05. The maximum atomic E-state index is 13.1. The van der Waals surface area contributed by atoms with Crippen molar-refractivity contribution in [3.05, 3.63) is 59.8 Å². The van der Waals surface area contributed by atoms with E-state index in [4.69, 9.17) is 14.6 Å². The smallest absolute Gasteiger partial charge is 0.341 e. The van der Waals surface area contributed by atoms with Crippen LogP contribution in [0.1, 0.15) is 36.3 Å². The molecule has 0 unspecified atom stereocenters. The molecule has 2 aromatic carbocycles. The molecule has 0 saturated heterocycles. The molecule has 3 aromatic rings. The Kier molecular flexibility index (Phi) is 6.22. The van der Waals surface area contributed by atoms with Gasteiger partial charge in [0.2, 0.25) is 0 Å². The molecule has 0 aliphatic rings. The first-order valence-electron chi connectivity index (χ1n) is 9.60. The molecule has 0 amide bonds. The minimum Gasteiger partial charge on any atom is -0.494 e. The topological polar surface area (TPSA) is 77.8 Å². The van der Waals surface area contributed by atoms with Crippen molar-refractivity contribution < 1.29 is 24.2 Å². The van der Waals surface area contributed by atoms with E-state index in [1.807, 2.05) is 19.1 Å². The van der Waals surface area contributed by atoms with E-state index in [-0.39, 0.29) is 5.91 Å². The number of hydrogen-bond acceptors (Lipinski definition) is 4. The van der Waals surface area contributed by atoms with E-state index in [1.165, 1.54) is 0 Å². The number of carbonyl (C=O) groups excluding carboxylic acids is 1. The van der Waals surface area contributed by atoms with Gasteiger partial charge in [-0.3, -0.25) is 9.36 Å². The van der Waals surface area contributed by atoms with Gasteiger partial charge in [0.15, 0.2) is 6.61 Å². The van der Waals surface area contributed by atoms with Crippen LogP contribution in [0.3, 0.4) is 0 Å². The molecule has 6 nitrogen and oxygen atoms in total. The average molecular weight is 395 g/mol. The van der Waals surface area contributed by atoms with Gasteiger partial charge < -0.3 is 14.6 Å². The van der Waals surface area contributed by atoms with E-state index < -0.39 is 12.6 Å². The minimum absolute atomic E-state index is 0.165. The molecule has 0 saturated carbocycles. The predicted octanol–water partition coefficient (Wildman–Crippen LogP) is 4.53. The molecule has 29 heavy (non-hydrogen) atoms. The van der Waals surface area contributed by atoms with Crippen molar-refractivity contribution in [2.45, 2.75) is 27.2 Å². The van der Waals surface area contributed by atoms with Crippen molar-refractivity contribution in [1.82, 2.24) is 4.57 Å². The SMILES string of the molecule is Cc1cc2c(OCC(=O)O)cccc2n1C(=O)c1ccc(OCCC(C)C)cc1. The Morgan fingerprint density at radius 2 is 1.79 bits per heavy atom. The number of carbonyl (C=O) groups is 2. The molecule has 152 valence electrons. The summed E-state index contributed by atoms with van der Waals surface area (Å²) in [5, 5.41) is 9.55. The summed E-state index contributed by atoms with van der Waals surface area (Å²) in [6, 6.07) is 14.2. The van der Waals surface area contributed by atoms with Gasteiger partial charge in [-0.15, -0.1) is 0 Å². The summed E-state index contributed by atoms with van der Waals surface area (Å²) in [5.41, 5.74) is 1.96. The van der Waals surface area contributed by atoms with Crippen LogP contribution in [0.25, 0.3) is 10.9 Å². The molecular formula is C23H25NO5. The van der Waals surface area contributed by atoms with Crippen LogP contribution in [0.2, 0.25) is 0 Å². The molecule has 0 radical (unpaired) electrons. The fourth-order valence-electron chi connectivity index (χ4n) is 3.11. The molecule has 0 aliphatic heterocycles. The van der Waals surface area contributed by atoms with Crippen molar-refractivity contribution in [3.8, 4) is 11.5 Å². The zero-order valence-electron chi connectivity index (χ0n) is 16.8. The number of carboxylic acids is 1. The number of rotatable bonds is 8. The van der Waals surface area contributed by atoms with Crippen LogP contribution in [-0.4, -0.2) is 34.8 Å². The van der Waals surface area contributed by atoms with Gasteiger partial charge in [-0.05, 0) is 61.7 Å². The Morgan fingerprint density at radius 3 is 2.45 bits per heavy atom. The lowest BCUT2D eigenvalue weighted by Gasteiger charge is -2.10. The fourth-order valence-corrected chi connectivity index (χ4v) is 3.11. The molecule has 0 spiro atoms. The monoisotopic (exact) mass is 395 g/mol. The van der Waals surface area contributed by atoms with Gasteiger partial charge in [0.25, 0.3) is 5.91 Å². The number of aromatic nitrogens is 1. The fraction of sp³-hybridized carbons (Fsp3) is 0.304. The van der Waals surface area contributed by atoms with E-state index in [0.717, 1.165) is 17.9 Å². The highest BCUT2D eigenvalue weighted by molar-refractivity contribution is 6.04. The number of carboxylic acid groups (broad SMARTS) is 1. The summed E-state index contributed by atoms with van der Waals surface area (Å²) in [6.45, 7) is 6.34. The van der Waals surface area contributed by atoms with Crippen molar-refractivity contribution in [1.29, 1.82) is 0 Å². The second-order valence-electron chi connectivity index (χ2n) is 7.35. The number of benzene rings is 2. The lowest BCUT2D eigenvalue weighted by molar-refractivity contribution is -0.139. The standard InChI is InChI=1S/C23H25NO5/c1-15(2)11-12-28-18-9-7-17(8-10-18)23(27)24-16(3)13-19-20(24)5-4-6-21(19)29-14-22(25)26/h4-10,13,15H,11-12,14H2,1-3H3,(H,25,26). The highest BCUT2D eigenvalue weighted by Crippen LogP contribution is 2.29. The largest absolute Gasteiger partial charge is 0.494 e. The molecule has 6 heteroatoms. The van der Waals surface area contributed by atoms with E-state index in [9.17, 15) is 9.59 Å². The van der Waals surface area contributed by atoms with Gasteiger partial charge in [-0.2, -0.15) is 0 Å². The van der Waals surface area contributed by atoms with Crippen LogP contribution < -0.4 is 9.47 Å². The third-order valence-electron chi connectivity index (χ3n) is 4.61. The Hall–Kier alpha value is -3.28. The number of aliphatic carboxylic acids is 1. The van der Waals surface area contributed by atoms with E-state index in [1.54, 1.807) is 41.0 Å². The van der Waals surface area contributed by atoms with Crippen LogP contribution in [0, 0.1) is 12.8 Å². The van der Waals surface area contributed by atoms with Gasteiger partial charge in [-0.1, -0.05) is 19.9 Å². The third-order valence-corrected chi connectivity index (χ3v) is 4.61. The van der Waals surface area contributed by atoms with Gasteiger partial charge in [0.1, 0.15) is 11.5 Å². The second kappa shape index (κ2) is 8.82. The van der Waals surface area contributed by atoms with E-state index in [2.05, 4.69) is 13.8 Å². The predicted molar refractivity (Wildman–Crippen MR) is 111 cm³/mol. The summed E-state index contributed by atoms with van der Waals surface area (Å²) in [5.74, 6) is 0.533. The Labute approximate surface area is 169 Å². The molecule has 0 fully saturated rings. The van der Waals surface area contributed by atoms with Crippen LogP contribution >= 0.6 is 0 Å². The van der Waals surface area contributed by atoms with Gasteiger partial charge >= 0.3 is 5.97 Å². The lowest BCUT2D eigenvalue weighted by atomic mass is 10.1. The molecular weight excluding hydrogens is 370 g/mol. The van der Waals surface area contributed by atoms with Crippen molar-refractivity contribution in [2.24, 2.45) is 5.92 Å². The molecule has 1 N–H and O–H groups in total. The summed E-state index contributed by atoms with van der Waals surface area (Å²) < 4.78 is 12.7. The maximum absolute atomic E-state index is 13.1.